The van der Waals surface area contributed by atoms with Gasteiger partial charge in [-0.2, -0.15) is 0 Å². The Morgan fingerprint density at radius 2 is 1.96 bits per heavy atom. The topological polar surface area (TPSA) is 91.8 Å². The van der Waals surface area contributed by atoms with E-state index >= 15 is 0 Å². The Morgan fingerprint density at radius 1 is 1.25 bits per heavy atom. The van der Waals surface area contributed by atoms with E-state index in [9.17, 15) is 8.42 Å². The van der Waals surface area contributed by atoms with Crippen LogP contribution in [-0.4, -0.2) is 53.4 Å². The normalized spacial score (nSPS) is 13.4. The summed E-state index contributed by atoms with van der Waals surface area (Å²) in [5.41, 5.74) is 1.10. The van der Waals surface area contributed by atoms with Gasteiger partial charge in [0, 0.05) is 20.1 Å². The quantitative estimate of drug-likeness (QED) is 0.347. The highest BCUT2D eigenvalue weighted by Crippen LogP contribution is 2.17. The number of rotatable bonds is 9. The molecule has 7 nitrogen and oxygen atoms in total. The molecule has 24 heavy (non-hydrogen) atoms. The first kappa shape index (κ1) is 20.2. The first-order valence-corrected chi connectivity index (χ1v) is 9.82. The highest BCUT2D eigenvalue weighted by atomic mass is 32.2. The van der Waals surface area contributed by atoms with Gasteiger partial charge in [-0.3, -0.25) is 4.99 Å². The summed E-state index contributed by atoms with van der Waals surface area (Å²) in [6, 6.07) is 7.90. The van der Waals surface area contributed by atoms with Gasteiger partial charge in [0.25, 0.3) is 0 Å². The Labute approximate surface area is 145 Å². The minimum atomic E-state index is -3.13. The van der Waals surface area contributed by atoms with Gasteiger partial charge >= 0.3 is 0 Å². The monoisotopic (exact) mass is 356 g/mol. The summed E-state index contributed by atoms with van der Waals surface area (Å²) in [4.78, 5) is 4.13. The van der Waals surface area contributed by atoms with Gasteiger partial charge in [0.1, 0.15) is 11.9 Å². The number of aliphatic imine (C=N–C) groups is 1. The number of nitrogens with zero attached hydrogens (tertiary/aromatic N) is 1. The minimum absolute atomic E-state index is 0.0171. The first-order chi connectivity index (χ1) is 11.3. The van der Waals surface area contributed by atoms with Crippen molar-refractivity contribution in [2.75, 3.05) is 32.9 Å². The Hall–Kier alpha value is -1.80. The molecule has 0 saturated carbocycles. The van der Waals surface area contributed by atoms with Gasteiger partial charge in [0.05, 0.1) is 12.8 Å². The molecule has 0 saturated heterocycles. The van der Waals surface area contributed by atoms with E-state index in [4.69, 9.17) is 4.74 Å². The van der Waals surface area contributed by atoms with Crippen molar-refractivity contribution in [2.24, 2.45) is 4.99 Å². The fourth-order valence-electron chi connectivity index (χ4n) is 1.96. The SMILES string of the molecule is CN=C(NCCCNS(C)(=O)=O)NCC(C)Oc1ccccc1C. The molecule has 0 aliphatic carbocycles. The minimum Gasteiger partial charge on any atom is -0.489 e. The van der Waals surface area contributed by atoms with Gasteiger partial charge in [-0.05, 0) is 31.9 Å². The van der Waals surface area contributed by atoms with Crippen LogP contribution in [0.3, 0.4) is 0 Å². The molecule has 0 spiro atoms. The molecule has 0 fully saturated rings. The number of benzene rings is 1. The van der Waals surface area contributed by atoms with Crippen LogP contribution in [0.15, 0.2) is 29.3 Å². The van der Waals surface area contributed by atoms with Crippen LogP contribution in [0, 0.1) is 6.92 Å². The predicted molar refractivity (Wildman–Crippen MR) is 98.1 cm³/mol. The van der Waals surface area contributed by atoms with Crippen molar-refractivity contribution in [3.8, 4) is 5.75 Å². The van der Waals surface area contributed by atoms with Gasteiger partial charge in [-0.25, -0.2) is 13.1 Å². The van der Waals surface area contributed by atoms with E-state index in [0.29, 0.717) is 32.0 Å². The maximum atomic E-state index is 11.0. The molecule has 0 bridgehead atoms. The number of ether oxygens (including phenoxy) is 1. The molecule has 3 N–H and O–H groups in total. The molecule has 1 rings (SSSR count). The molecule has 0 amide bonds. The first-order valence-electron chi connectivity index (χ1n) is 7.93. The number of nitrogens with one attached hydrogen (secondary N) is 3. The van der Waals surface area contributed by atoms with Gasteiger partial charge < -0.3 is 15.4 Å². The Kier molecular flexibility index (Phi) is 8.56. The number of para-hydroxylation sites is 1. The standard InChI is InChI=1S/C16H28N4O3S/c1-13-8-5-6-9-15(13)23-14(2)12-19-16(17-3)18-10-7-11-20-24(4,21)22/h5-6,8-9,14,20H,7,10-12H2,1-4H3,(H2,17,18,19). The van der Waals surface area contributed by atoms with Crippen LogP contribution in [0.2, 0.25) is 0 Å². The van der Waals surface area contributed by atoms with Crippen molar-refractivity contribution in [3.63, 3.8) is 0 Å². The number of sulfonamides is 1. The summed E-state index contributed by atoms with van der Waals surface area (Å²) >= 11 is 0. The van der Waals surface area contributed by atoms with Crippen molar-refractivity contribution in [1.29, 1.82) is 0 Å². The van der Waals surface area contributed by atoms with Crippen molar-refractivity contribution in [3.05, 3.63) is 29.8 Å². The summed E-state index contributed by atoms with van der Waals surface area (Å²) < 4.78 is 30.3. The molecule has 136 valence electrons. The summed E-state index contributed by atoms with van der Waals surface area (Å²) in [7, 11) is -1.43. The molecule has 0 heterocycles. The van der Waals surface area contributed by atoms with Gasteiger partial charge in [0.15, 0.2) is 5.96 Å². The molecule has 1 aromatic rings. The van der Waals surface area contributed by atoms with Gasteiger partial charge in [0.2, 0.25) is 10.0 Å². The van der Waals surface area contributed by atoms with E-state index < -0.39 is 10.0 Å². The van der Waals surface area contributed by atoms with Crippen LogP contribution in [0.25, 0.3) is 0 Å². The van der Waals surface area contributed by atoms with Crippen molar-refractivity contribution in [1.82, 2.24) is 15.4 Å². The highest BCUT2D eigenvalue weighted by molar-refractivity contribution is 7.88. The molecule has 8 heteroatoms. The predicted octanol–water partition coefficient (Wildman–Crippen LogP) is 0.867. The molecule has 1 atom stereocenters. The smallest absolute Gasteiger partial charge is 0.208 e. The molecule has 0 aliphatic heterocycles. The van der Waals surface area contributed by atoms with Crippen molar-refractivity contribution in [2.45, 2.75) is 26.4 Å². The molecular formula is C16H28N4O3S. The maximum Gasteiger partial charge on any atom is 0.208 e. The second-order valence-corrected chi connectivity index (χ2v) is 7.43. The van der Waals surface area contributed by atoms with Gasteiger partial charge in [-0.1, -0.05) is 18.2 Å². The third kappa shape index (κ3) is 8.73. The van der Waals surface area contributed by atoms with Crippen LogP contribution < -0.4 is 20.1 Å². The second kappa shape index (κ2) is 10.1. The van der Waals surface area contributed by atoms with Crippen LogP contribution >= 0.6 is 0 Å². The highest BCUT2D eigenvalue weighted by Gasteiger charge is 2.07. The van der Waals surface area contributed by atoms with E-state index in [1.54, 1.807) is 7.05 Å². The summed E-state index contributed by atoms with van der Waals surface area (Å²) in [5.74, 6) is 1.54. The Bertz CT molecular complexity index is 632. The number of hydrogen-bond acceptors (Lipinski definition) is 4. The van der Waals surface area contributed by atoms with Crippen molar-refractivity contribution >= 4 is 16.0 Å². The number of aryl methyl sites for hydroxylation is 1. The van der Waals surface area contributed by atoms with E-state index in [0.717, 1.165) is 17.6 Å². The summed E-state index contributed by atoms with van der Waals surface area (Å²) in [5, 5.41) is 6.33. The maximum absolute atomic E-state index is 11.0. The van der Waals surface area contributed by atoms with Gasteiger partial charge in [-0.15, -0.1) is 0 Å². The molecule has 0 aromatic heterocycles. The third-order valence-electron chi connectivity index (χ3n) is 3.21. The zero-order chi connectivity index (χ0) is 18.0. The summed E-state index contributed by atoms with van der Waals surface area (Å²) in [6.07, 6.45) is 1.80. The van der Waals surface area contributed by atoms with Crippen molar-refractivity contribution < 1.29 is 13.2 Å². The third-order valence-corrected chi connectivity index (χ3v) is 3.94. The second-order valence-electron chi connectivity index (χ2n) is 5.59. The number of hydrogen-bond donors (Lipinski definition) is 3. The average molecular weight is 356 g/mol. The molecule has 0 aliphatic rings. The summed E-state index contributed by atoms with van der Waals surface area (Å²) in [6.45, 7) is 5.63. The fraction of sp³-hybridized carbons (Fsp3) is 0.562. The van der Waals surface area contributed by atoms with Crippen LogP contribution in [0.4, 0.5) is 0 Å². The van der Waals surface area contributed by atoms with E-state index in [1.165, 1.54) is 0 Å². The largest absolute Gasteiger partial charge is 0.489 e. The fourth-order valence-corrected chi connectivity index (χ4v) is 2.48. The van der Waals surface area contributed by atoms with Crippen LogP contribution in [0.5, 0.6) is 5.75 Å². The van der Waals surface area contributed by atoms with E-state index in [-0.39, 0.29) is 6.10 Å². The van der Waals surface area contributed by atoms with E-state index in [1.807, 2.05) is 38.1 Å². The molecular weight excluding hydrogens is 328 g/mol. The average Bonchev–Trinajstić information content (AvgIpc) is 2.51. The van der Waals surface area contributed by atoms with E-state index in [2.05, 4.69) is 20.3 Å². The van der Waals surface area contributed by atoms with Crippen LogP contribution in [-0.2, 0) is 10.0 Å². The molecule has 1 unspecified atom stereocenters. The van der Waals surface area contributed by atoms with Crippen LogP contribution in [0.1, 0.15) is 18.9 Å². The zero-order valence-corrected chi connectivity index (χ0v) is 15.6. The Balaban J connectivity index is 2.27. The Morgan fingerprint density at radius 3 is 2.58 bits per heavy atom. The molecule has 0 radical (unpaired) electrons. The number of guanidine groups is 1. The lowest BCUT2D eigenvalue weighted by molar-refractivity contribution is 0.222. The zero-order valence-electron chi connectivity index (χ0n) is 14.8. The lowest BCUT2D eigenvalue weighted by Gasteiger charge is -2.18. The lowest BCUT2D eigenvalue weighted by atomic mass is 10.2. The molecule has 1 aromatic carbocycles. The lowest BCUT2D eigenvalue weighted by Crippen LogP contribution is -2.42.